The molecule has 1 heterocycles. The third kappa shape index (κ3) is 3.16. The summed E-state index contributed by atoms with van der Waals surface area (Å²) in [6.07, 6.45) is 0. The van der Waals surface area contributed by atoms with Crippen molar-refractivity contribution in [1.29, 1.82) is 0 Å². The second-order valence-corrected chi connectivity index (χ2v) is 14.0. The molecule has 1 aromatic heterocycles. The van der Waals surface area contributed by atoms with Gasteiger partial charge in [0.2, 0.25) is 0 Å². The van der Waals surface area contributed by atoms with E-state index in [0.717, 1.165) is 0 Å². The van der Waals surface area contributed by atoms with Gasteiger partial charge in [-0.3, -0.25) is 0 Å². The Labute approximate surface area is 279 Å². The highest BCUT2D eigenvalue weighted by Crippen LogP contribution is 2.56. The molecule has 8 aromatic carbocycles. The van der Waals surface area contributed by atoms with Gasteiger partial charge in [-0.05, 0) is 89.8 Å². The highest BCUT2D eigenvalue weighted by molar-refractivity contribution is 6.27. The maximum atomic E-state index is 2.53. The second kappa shape index (κ2) is 9.12. The van der Waals surface area contributed by atoms with Crippen molar-refractivity contribution in [2.75, 3.05) is 0 Å². The fraction of sp³-hybridized carbons (Fsp3) is 0.0638. The van der Waals surface area contributed by atoms with Crippen LogP contribution in [0.25, 0.3) is 93.5 Å². The Morgan fingerprint density at radius 2 is 1.00 bits per heavy atom. The number of benzene rings is 8. The molecule has 0 N–H and O–H groups in total. The van der Waals surface area contributed by atoms with E-state index in [2.05, 4.69) is 170 Å². The molecule has 2 aliphatic rings. The van der Waals surface area contributed by atoms with E-state index in [9.17, 15) is 0 Å². The predicted molar refractivity (Wildman–Crippen MR) is 203 cm³/mol. The number of rotatable bonds is 2. The quantitative estimate of drug-likeness (QED) is 0.184. The van der Waals surface area contributed by atoms with E-state index in [1.165, 1.54) is 105 Å². The summed E-state index contributed by atoms with van der Waals surface area (Å²) < 4.78 is 2.53. The van der Waals surface area contributed by atoms with Crippen LogP contribution in [0.3, 0.4) is 0 Å². The van der Waals surface area contributed by atoms with Gasteiger partial charge in [-0.25, -0.2) is 0 Å². The van der Waals surface area contributed by atoms with Crippen LogP contribution in [0.5, 0.6) is 0 Å². The third-order valence-electron chi connectivity index (χ3n) is 11.3. The molecule has 1 nitrogen and oxygen atoms in total. The number of hydrogen-bond acceptors (Lipinski definition) is 0. The van der Waals surface area contributed by atoms with Crippen LogP contribution in [0, 0.1) is 0 Å². The van der Waals surface area contributed by atoms with Crippen LogP contribution < -0.4 is 0 Å². The molecule has 224 valence electrons. The zero-order valence-electron chi connectivity index (χ0n) is 26.9. The maximum Gasteiger partial charge on any atom is 0.0629 e. The van der Waals surface area contributed by atoms with Crippen molar-refractivity contribution in [3.05, 3.63) is 163 Å². The number of fused-ring (bicyclic) bond motifs is 13. The van der Waals surface area contributed by atoms with Gasteiger partial charge in [0.25, 0.3) is 0 Å². The van der Waals surface area contributed by atoms with Crippen LogP contribution in [0.1, 0.15) is 25.0 Å². The molecule has 0 unspecified atom stereocenters. The minimum absolute atomic E-state index is 0.111. The number of nitrogens with zero attached hydrogens (tertiary/aromatic N) is 1. The Kier molecular flexibility index (Phi) is 4.97. The molecular formula is C47H31N. The fourth-order valence-corrected chi connectivity index (χ4v) is 9.33. The second-order valence-electron chi connectivity index (χ2n) is 14.0. The molecule has 0 spiro atoms. The summed E-state index contributed by atoms with van der Waals surface area (Å²) >= 11 is 0. The average Bonchev–Trinajstić information content (AvgIpc) is 3.74. The normalized spacial score (nSPS) is 13.8. The Hall–Kier alpha value is -5.92. The molecular weight excluding hydrogens is 579 g/mol. The minimum atomic E-state index is -0.111. The summed E-state index contributed by atoms with van der Waals surface area (Å²) in [7, 11) is 0. The van der Waals surface area contributed by atoms with Gasteiger partial charge in [-0.1, -0.05) is 147 Å². The SMILES string of the molecule is CC1(C)c2ccccc2-c2c1c1ccccc1c1c3ccccc3n(-c3ccc(-c4ccc5c6c(cccc46)-c4ccccc4-5)cc3)c21. The number of para-hydroxylation sites is 1. The summed E-state index contributed by atoms with van der Waals surface area (Å²) in [5, 5.41) is 8.00. The van der Waals surface area contributed by atoms with Gasteiger partial charge in [0, 0.05) is 27.4 Å². The van der Waals surface area contributed by atoms with Crippen LogP contribution in [0.2, 0.25) is 0 Å². The van der Waals surface area contributed by atoms with E-state index >= 15 is 0 Å². The Morgan fingerprint density at radius 3 is 1.79 bits per heavy atom. The molecule has 0 bridgehead atoms. The zero-order valence-corrected chi connectivity index (χ0v) is 26.9. The van der Waals surface area contributed by atoms with Crippen LogP contribution in [-0.2, 0) is 5.41 Å². The van der Waals surface area contributed by atoms with Crippen LogP contribution in [0.15, 0.2) is 152 Å². The van der Waals surface area contributed by atoms with Gasteiger partial charge in [0.05, 0.1) is 11.0 Å². The van der Waals surface area contributed by atoms with Crippen molar-refractivity contribution in [2.45, 2.75) is 19.3 Å². The van der Waals surface area contributed by atoms with Crippen molar-refractivity contribution in [3.8, 4) is 50.2 Å². The van der Waals surface area contributed by atoms with Gasteiger partial charge < -0.3 is 4.57 Å². The standard InChI is InChI=1S/C47H31N/c1-47(2)40-20-9-7-16-38(40)44-45(47)37-15-6-5-14-35(37)43-39-17-8-10-21-41(39)48(46(43)44)29-24-22-28(23-25-29)30-26-27-36-32-13-4-3-12-31(32)34-19-11-18-33(30)42(34)36/h3-27H,1-2H3. The fourth-order valence-electron chi connectivity index (χ4n) is 9.33. The van der Waals surface area contributed by atoms with Crippen molar-refractivity contribution >= 4 is 43.4 Å². The highest BCUT2D eigenvalue weighted by Gasteiger charge is 2.39. The lowest BCUT2D eigenvalue weighted by Gasteiger charge is -2.24. The molecule has 0 amide bonds. The largest absolute Gasteiger partial charge is 0.309 e. The summed E-state index contributed by atoms with van der Waals surface area (Å²) in [6.45, 7) is 4.79. The lowest BCUT2D eigenvalue weighted by atomic mass is 9.79. The molecule has 48 heavy (non-hydrogen) atoms. The van der Waals surface area contributed by atoms with E-state index in [-0.39, 0.29) is 5.41 Å². The van der Waals surface area contributed by atoms with Crippen molar-refractivity contribution < 1.29 is 0 Å². The molecule has 1 heteroatoms. The van der Waals surface area contributed by atoms with Gasteiger partial charge in [-0.15, -0.1) is 0 Å². The first kappa shape index (κ1) is 26.2. The molecule has 0 aliphatic heterocycles. The van der Waals surface area contributed by atoms with E-state index in [0.29, 0.717) is 0 Å². The average molecular weight is 610 g/mol. The summed E-state index contributed by atoms with van der Waals surface area (Å²) in [6, 6.07) is 56.6. The van der Waals surface area contributed by atoms with Crippen molar-refractivity contribution in [1.82, 2.24) is 4.57 Å². The third-order valence-corrected chi connectivity index (χ3v) is 11.3. The molecule has 0 saturated heterocycles. The maximum absolute atomic E-state index is 2.53. The Bertz CT molecular complexity index is 2820. The van der Waals surface area contributed by atoms with Crippen LogP contribution >= 0.6 is 0 Å². The number of hydrogen-bond donors (Lipinski definition) is 0. The first-order valence-electron chi connectivity index (χ1n) is 17.0. The van der Waals surface area contributed by atoms with Gasteiger partial charge in [-0.2, -0.15) is 0 Å². The Balaban J connectivity index is 1.19. The topological polar surface area (TPSA) is 4.93 Å². The lowest BCUT2D eigenvalue weighted by molar-refractivity contribution is 0.666. The van der Waals surface area contributed by atoms with Crippen molar-refractivity contribution in [3.63, 3.8) is 0 Å². The van der Waals surface area contributed by atoms with Gasteiger partial charge >= 0.3 is 0 Å². The molecule has 0 radical (unpaired) electrons. The summed E-state index contributed by atoms with van der Waals surface area (Å²) in [5.74, 6) is 0. The molecule has 2 aliphatic carbocycles. The summed E-state index contributed by atoms with van der Waals surface area (Å²) in [4.78, 5) is 0. The molecule has 0 saturated carbocycles. The van der Waals surface area contributed by atoms with E-state index in [4.69, 9.17) is 0 Å². The molecule has 9 aromatic rings. The molecule has 0 fully saturated rings. The molecule has 11 rings (SSSR count). The molecule has 0 atom stereocenters. The van der Waals surface area contributed by atoms with E-state index < -0.39 is 0 Å². The van der Waals surface area contributed by atoms with E-state index in [1.54, 1.807) is 0 Å². The summed E-state index contributed by atoms with van der Waals surface area (Å²) in [5.41, 5.74) is 17.0. The first-order valence-corrected chi connectivity index (χ1v) is 17.0. The van der Waals surface area contributed by atoms with Crippen LogP contribution in [-0.4, -0.2) is 4.57 Å². The predicted octanol–water partition coefficient (Wildman–Crippen LogP) is 12.7. The lowest BCUT2D eigenvalue weighted by Crippen LogP contribution is -2.15. The number of aromatic nitrogens is 1. The first-order chi connectivity index (χ1) is 23.6. The zero-order chi connectivity index (χ0) is 31.7. The van der Waals surface area contributed by atoms with Crippen molar-refractivity contribution in [2.24, 2.45) is 0 Å². The van der Waals surface area contributed by atoms with E-state index in [1.807, 2.05) is 0 Å². The Morgan fingerprint density at radius 1 is 0.417 bits per heavy atom. The minimum Gasteiger partial charge on any atom is -0.309 e. The van der Waals surface area contributed by atoms with Gasteiger partial charge in [0.15, 0.2) is 0 Å². The highest BCUT2D eigenvalue weighted by atomic mass is 15.0. The smallest absolute Gasteiger partial charge is 0.0629 e. The monoisotopic (exact) mass is 609 g/mol. The van der Waals surface area contributed by atoms with Crippen LogP contribution in [0.4, 0.5) is 0 Å². The van der Waals surface area contributed by atoms with Gasteiger partial charge in [0.1, 0.15) is 0 Å².